The molecule has 154 valence electrons. The molecule has 0 aromatic carbocycles. The van der Waals surface area contributed by atoms with Crippen LogP contribution in [0.25, 0.3) is 11.0 Å². The monoisotopic (exact) mass is 416 g/mol. The first kappa shape index (κ1) is 19.6. The standard InChI is InChI=1S/C19H24N6O3S/c1-11(2)24-18-16(9-20-24)15(7-12(3)21-18)19(26)22-17-8-13(4)23-25(17)14-5-6-29(27,28)10-14/h7-9,11,14H,5-6,10H2,1-4H3,(H,22,26). The third-order valence-corrected chi connectivity index (χ3v) is 6.83. The molecule has 1 fully saturated rings. The SMILES string of the molecule is Cc1cc(C(=O)Nc2cc(C)nn2C2CCS(=O)(=O)C2)c2cnn(C(C)C)c2n1. The van der Waals surface area contributed by atoms with E-state index in [9.17, 15) is 13.2 Å². The minimum absolute atomic E-state index is 0.0385. The van der Waals surface area contributed by atoms with E-state index < -0.39 is 9.84 Å². The van der Waals surface area contributed by atoms with E-state index in [4.69, 9.17) is 0 Å². The van der Waals surface area contributed by atoms with E-state index in [0.29, 0.717) is 34.5 Å². The number of sulfone groups is 1. The molecule has 1 N–H and O–H groups in total. The van der Waals surface area contributed by atoms with Crippen LogP contribution in [-0.4, -0.2) is 50.4 Å². The van der Waals surface area contributed by atoms with Crippen LogP contribution >= 0.6 is 0 Å². The Morgan fingerprint density at radius 3 is 2.66 bits per heavy atom. The number of aromatic nitrogens is 5. The van der Waals surface area contributed by atoms with E-state index in [1.165, 1.54) is 0 Å². The van der Waals surface area contributed by atoms with Gasteiger partial charge in [-0.2, -0.15) is 10.2 Å². The van der Waals surface area contributed by atoms with Gasteiger partial charge in [0.15, 0.2) is 15.5 Å². The van der Waals surface area contributed by atoms with Crippen molar-refractivity contribution < 1.29 is 13.2 Å². The summed E-state index contributed by atoms with van der Waals surface area (Å²) in [6, 6.07) is 3.33. The maximum atomic E-state index is 13.1. The van der Waals surface area contributed by atoms with Gasteiger partial charge in [-0.05, 0) is 40.2 Å². The van der Waals surface area contributed by atoms with E-state index in [0.717, 1.165) is 5.69 Å². The smallest absolute Gasteiger partial charge is 0.257 e. The van der Waals surface area contributed by atoms with Gasteiger partial charge < -0.3 is 5.32 Å². The lowest BCUT2D eigenvalue weighted by molar-refractivity contribution is 0.102. The molecule has 1 aliphatic rings. The lowest BCUT2D eigenvalue weighted by Crippen LogP contribution is -2.20. The largest absolute Gasteiger partial charge is 0.307 e. The Kier molecular flexibility index (Phi) is 4.68. The summed E-state index contributed by atoms with van der Waals surface area (Å²) >= 11 is 0. The summed E-state index contributed by atoms with van der Waals surface area (Å²) in [5.41, 5.74) is 2.57. The van der Waals surface area contributed by atoms with Gasteiger partial charge in [0, 0.05) is 17.8 Å². The van der Waals surface area contributed by atoms with Crippen LogP contribution in [0.5, 0.6) is 0 Å². The van der Waals surface area contributed by atoms with Gasteiger partial charge in [-0.3, -0.25) is 4.79 Å². The van der Waals surface area contributed by atoms with Crippen LogP contribution in [0.15, 0.2) is 18.3 Å². The molecule has 0 spiro atoms. The quantitative estimate of drug-likeness (QED) is 0.699. The Balaban J connectivity index is 1.69. The molecule has 10 heteroatoms. The van der Waals surface area contributed by atoms with Crippen molar-refractivity contribution in [1.82, 2.24) is 24.5 Å². The maximum absolute atomic E-state index is 13.1. The van der Waals surface area contributed by atoms with Crippen LogP contribution in [0.1, 0.15) is 54.1 Å². The second kappa shape index (κ2) is 6.94. The van der Waals surface area contributed by atoms with Gasteiger partial charge >= 0.3 is 0 Å². The van der Waals surface area contributed by atoms with Gasteiger partial charge in [-0.15, -0.1) is 0 Å². The Morgan fingerprint density at radius 2 is 2.00 bits per heavy atom. The molecule has 9 nitrogen and oxygen atoms in total. The highest BCUT2D eigenvalue weighted by Crippen LogP contribution is 2.28. The highest BCUT2D eigenvalue weighted by atomic mass is 32.2. The second-order valence-electron chi connectivity index (χ2n) is 7.86. The summed E-state index contributed by atoms with van der Waals surface area (Å²) in [5.74, 6) is 0.374. The number of pyridine rings is 1. The molecule has 29 heavy (non-hydrogen) atoms. The number of amides is 1. The Bertz CT molecular complexity index is 1210. The van der Waals surface area contributed by atoms with Crippen LogP contribution < -0.4 is 5.32 Å². The number of carbonyl (C=O) groups excluding carboxylic acids is 1. The van der Waals surface area contributed by atoms with Crippen LogP contribution in [0.3, 0.4) is 0 Å². The molecule has 3 aromatic heterocycles. The van der Waals surface area contributed by atoms with Crippen LogP contribution in [-0.2, 0) is 9.84 Å². The van der Waals surface area contributed by atoms with Gasteiger partial charge in [0.2, 0.25) is 0 Å². The number of nitrogens with zero attached hydrogens (tertiary/aromatic N) is 5. The van der Waals surface area contributed by atoms with Gasteiger partial charge in [0.05, 0.1) is 40.4 Å². The Hall–Kier alpha value is -2.75. The van der Waals surface area contributed by atoms with Crippen molar-refractivity contribution in [3.63, 3.8) is 0 Å². The first-order valence-corrected chi connectivity index (χ1v) is 11.4. The van der Waals surface area contributed by atoms with E-state index >= 15 is 0 Å². The number of carbonyl (C=O) groups is 1. The molecule has 0 aliphatic carbocycles. The average Bonchev–Trinajstić information content (AvgIpc) is 3.30. The van der Waals surface area contributed by atoms with Gasteiger partial charge in [0.1, 0.15) is 5.82 Å². The molecule has 4 heterocycles. The highest BCUT2D eigenvalue weighted by Gasteiger charge is 2.31. The van der Waals surface area contributed by atoms with Gasteiger partial charge in [-0.1, -0.05) is 0 Å². The number of nitrogens with one attached hydrogen (secondary N) is 1. The maximum Gasteiger partial charge on any atom is 0.257 e. The summed E-state index contributed by atoms with van der Waals surface area (Å²) in [6.07, 6.45) is 2.15. The van der Waals surface area contributed by atoms with Crippen molar-refractivity contribution >= 4 is 32.6 Å². The summed E-state index contributed by atoms with van der Waals surface area (Å²) in [7, 11) is -3.06. The zero-order valence-electron chi connectivity index (χ0n) is 16.9. The van der Waals surface area contributed by atoms with E-state index in [1.54, 1.807) is 27.7 Å². The topological polar surface area (TPSA) is 112 Å². The van der Waals surface area contributed by atoms with Crippen LogP contribution in [0.2, 0.25) is 0 Å². The predicted molar refractivity (Wildman–Crippen MR) is 110 cm³/mol. The molecular weight excluding hydrogens is 392 g/mol. The molecule has 4 rings (SSSR count). The van der Waals surface area contributed by atoms with E-state index in [2.05, 4.69) is 20.5 Å². The fourth-order valence-corrected chi connectivity index (χ4v) is 5.44. The minimum atomic E-state index is -3.06. The Morgan fingerprint density at radius 1 is 1.24 bits per heavy atom. The third kappa shape index (κ3) is 3.64. The molecule has 1 amide bonds. The highest BCUT2D eigenvalue weighted by molar-refractivity contribution is 7.91. The number of hydrogen-bond acceptors (Lipinski definition) is 6. The second-order valence-corrected chi connectivity index (χ2v) is 10.1. The third-order valence-electron chi connectivity index (χ3n) is 5.08. The zero-order valence-corrected chi connectivity index (χ0v) is 17.7. The average molecular weight is 417 g/mol. The van der Waals surface area contributed by atoms with Crippen LogP contribution in [0, 0.1) is 13.8 Å². The molecule has 1 unspecified atom stereocenters. The van der Waals surface area contributed by atoms with Crippen molar-refractivity contribution in [2.24, 2.45) is 0 Å². The van der Waals surface area contributed by atoms with Crippen molar-refractivity contribution in [2.75, 3.05) is 16.8 Å². The number of rotatable bonds is 4. The molecule has 1 saturated heterocycles. The molecule has 0 bridgehead atoms. The van der Waals surface area contributed by atoms with Crippen molar-refractivity contribution in [1.29, 1.82) is 0 Å². The number of anilines is 1. The lowest BCUT2D eigenvalue weighted by Gasteiger charge is -2.14. The normalized spacial score (nSPS) is 18.6. The fourth-order valence-electron chi connectivity index (χ4n) is 3.75. The van der Waals surface area contributed by atoms with Gasteiger partial charge in [-0.25, -0.2) is 22.8 Å². The number of hydrogen-bond donors (Lipinski definition) is 1. The molecule has 0 radical (unpaired) electrons. The Labute approximate surface area is 169 Å². The molecule has 3 aromatic rings. The first-order chi connectivity index (χ1) is 13.6. The zero-order chi connectivity index (χ0) is 20.9. The first-order valence-electron chi connectivity index (χ1n) is 9.57. The number of fused-ring (bicyclic) bond motifs is 1. The molecule has 0 saturated carbocycles. The molecule has 1 aliphatic heterocycles. The number of aryl methyl sites for hydroxylation is 2. The van der Waals surface area contributed by atoms with E-state index in [-0.39, 0.29) is 29.5 Å². The summed E-state index contributed by atoms with van der Waals surface area (Å²) < 4.78 is 27.2. The summed E-state index contributed by atoms with van der Waals surface area (Å²) in [5, 5.41) is 12.4. The van der Waals surface area contributed by atoms with Crippen molar-refractivity contribution in [3.05, 3.63) is 35.3 Å². The van der Waals surface area contributed by atoms with Crippen LogP contribution in [0.4, 0.5) is 5.82 Å². The molecular formula is C19H24N6O3S. The summed E-state index contributed by atoms with van der Waals surface area (Å²) in [6.45, 7) is 7.67. The lowest BCUT2D eigenvalue weighted by atomic mass is 10.1. The van der Waals surface area contributed by atoms with E-state index in [1.807, 2.05) is 27.7 Å². The summed E-state index contributed by atoms with van der Waals surface area (Å²) in [4.78, 5) is 17.7. The van der Waals surface area contributed by atoms with Gasteiger partial charge in [0.25, 0.3) is 5.91 Å². The predicted octanol–water partition coefficient (Wildman–Crippen LogP) is 2.44. The minimum Gasteiger partial charge on any atom is -0.307 e. The molecule has 1 atom stereocenters. The van der Waals surface area contributed by atoms with Crippen molar-refractivity contribution in [2.45, 2.75) is 46.2 Å². The van der Waals surface area contributed by atoms with Crippen molar-refractivity contribution in [3.8, 4) is 0 Å². The fraction of sp³-hybridized carbons (Fsp3) is 0.474.